The quantitative estimate of drug-likeness (QED) is 0.539. The Morgan fingerprint density at radius 2 is 1.73 bits per heavy atom. The summed E-state index contributed by atoms with van der Waals surface area (Å²) in [5.41, 5.74) is 0. The molecular weight excluding hydrogens is 132 g/mol. The van der Waals surface area contributed by atoms with Crippen molar-refractivity contribution in [1.82, 2.24) is 0 Å². The van der Waals surface area contributed by atoms with Crippen molar-refractivity contribution in [3.05, 3.63) is 0 Å². The first kappa shape index (κ1) is 7.64. The Morgan fingerprint density at radius 1 is 1.00 bits per heavy atom. The first-order valence-electron chi connectivity index (χ1n) is 5.33. The molecule has 0 spiro atoms. The highest BCUT2D eigenvalue weighted by molar-refractivity contribution is 4.91. The highest BCUT2D eigenvalue weighted by atomic mass is 14.5. The Hall–Kier alpha value is 0. The predicted molar refractivity (Wildman–Crippen MR) is 48.4 cm³/mol. The van der Waals surface area contributed by atoms with Crippen LogP contribution < -0.4 is 0 Å². The molecule has 0 N–H and O–H groups in total. The second-order valence-electron chi connectivity index (χ2n) is 4.63. The van der Waals surface area contributed by atoms with E-state index in [4.69, 9.17) is 0 Å². The van der Waals surface area contributed by atoms with E-state index in [1.54, 1.807) is 12.8 Å². The third kappa shape index (κ3) is 1.11. The third-order valence-electron chi connectivity index (χ3n) is 4.24. The summed E-state index contributed by atoms with van der Waals surface area (Å²) in [5, 5.41) is 0. The van der Waals surface area contributed by atoms with E-state index in [0.29, 0.717) is 0 Å². The molecule has 0 saturated heterocycles. The third-order valence-corrected chi connectivity index (χ3v) is 4.24. The van der Waals surface area contributed by atoms with Crippen LogP contribution in [0.4, 0.5) is 0 Å². The molecule has 0 aromatic rings. The number of fused-ring (bicyclic) bond motifs is 1. The van der Waals surface area contributed by atoms with Crippen molar-refractivity contribution in [2.24, 2.45) is 23.7 Å². The first-order valence-corrected chi connectivity index (χ1v) is 5.33. The Kier molecular flexibility index (Phi) is 1.95. The van der Waals surface area contributed by atoms with E-state index in [-0.39, 0.29) is 0 Å². The van der Waals surface area contributed by atoms with Crippen LogP contribution >= 0.6 is 0 Å². The van der Waals surface area contributed by atoms with Crippen LogP contribution in [0.1, 0.15) is 46.0 Å². The summed E-state index contributed by atoms with van der Waals surface area (Å²) in [7, 11) is 0. The highest BCUT2D eigenvalue weighted by Crippen LogP contribution is 2.51. The van der Waals surface area contributed by atoms with Crippen molar-refractivity contribution < 1.29 is 0 Å². The van der Waals surface area contributed by atoms with Crippen molar-refractivity contribution >= 4 is 0 Å². The zero-order valence-electron chi connectivity index (χ0n) is 7.84. The molecule has 0 bridgehead atoms. The summed E-state index contributed by atoms with van der Waals surface area (Å²) in [4.78, 5) is 0. The van der Waals surface area contributed by atoms with Gasteiger partial charge in [-0.2, -0.15) is 0 Å². The van der Waals surface area contributed by atoms with Gasteiger partial charge in [0.05, 0.1) is 0 Å². The fourth-order valence-electron chi connectivity index (χ4n) is 3.52. The van der Waals surface area contributed by atoms with Crippen LogP contribution in [0, 0.1) is 23.7 Å². The van der Waals surface area contributed by atoms with Crippen LogP contribution in [-0.4, -0.2) is 0 Å². The van der Waals surface area contributed by atoms with Gasteiger partial charge in [0.25, 0.3) is 0 Å². The molecule has 0 radical (unpaired) electrons. The van der Waals surface area contributed by atoms with Gasteiger partial charge < -0.3 is 0 Å². The summed E-state index contributed by atoms with van der Waals surface area (Å²) >= 11 is 0. The van der Waals surface area contributed by atoms with Crippen LogP contribution in [0.2, 0.25) is 0 Å². The zero-order chi connectivity index (χ0) is 7.84. The minimum atomic E-state index is 1.05. The summed E-state index contributed by atoms with van der Waals surface area (Å²) in [6.45, 7) is 4.83. The van der Waals surface area contributed by atoms with E-state index in [9.17, 15) is 0 Å². The molecule has 0 aromatic carbocycles. The second kappa shape index (κ2) is 2.80. The van der Waals surface area contributed by atoms with E-state index >= 15 is 0 Å². The molecule has 0 aliphatic heterocycles. The summed E-state index contributed by atoms with van der Waals surface area (Å²) in [6.07, 6.45) is 7.59. The fraction of sp³-hybridized carbons (Fsp3) is 1.00. The van der Waals surface area contributed by atoms with Gasteiger partial charge in [0, 0.05) is 0 Å². The largest absolute Gasteiger partial charge is 0.0651 e. The maximum Gasteiger partial charge on any atom is -0.0355 e. The average Bonchev–Trinajstić information content (AvgIpc) is 2.53. The van der Waals surface area contributed by atoms with Crippen LogP contribution in [0.25, 0.3) is 0 Å². The summed E-state index contributed by atoms with van der Waals surface area (Å²) in [6, 6.07) is 0. The molecule has 0 amide bonds. The Morgan fingerprint density at radius 3 is 2.45 bits per heavy atom. The van der Waals surface area contributed by atoms with E-state index in [2.05, 4.69) is 13.8 Å². The Labute approximate surface area is 70.4 Å². The average molecular weight is 152 g/mol. The molecule has 2 rings (SSSR count). The molecule has 0 heteroatoms. The van der Waals surface area contributed by atoms with Gasteiger partial charge in [-0.3, -0.25) is 0 Å². The van der Waals surface area contributed by atoms with Crippen LogP contribution in [-0.2, 0) is 0 Å². The van der Waals surface area contributed by atoms with Gasteiger partial charge >= 0.3 is 0 Å². The molecule has 4 atom stereocenters. The maximum absolute atomic E-state index is 2.46. The number of rotatable bonds is 1. The number of hydrogen-bond donors (Lipinski definition) is 0. The van der Waals surface area contributed by atoms with Crippen LogP contribution in [0.3, 0.4) is 0 Å². The molecule has 2 aliphatic rings. The normalized spacial score (nSPS) is 49.6. The van der Waals surface area contributed by atoms with Gasteiger partial charge in [0.1, 0.15) is 0 Å². The fourth-order valence-corrected chi connectivity index (χ4v) is 3.52. The molecule has 0 nitrogen and oxygen atoms in total. The lowest BCUT2D eigenvalue weighted by molar-refractivity contribution is 0.319. The molecule has 2 unspecified atom stereocenters. The highest BCUT2D eigenvalue weighted by Gasteiger charge is 2.41. The molecule has 2 fully saturated rings. The minimum Gasteiger partial charge on any atom is -0.0651 e. The van der Waals surface area contributed by atoms with Crippen molar-refractivity contribution in [2.45, 2.75) is 46.0 Å². The van der Waals surface area contributed by atoms with Crippen molar-refractivity contribution in [3.63, 3.8) is 0 Å². The molecule has 64 valence electrons. The van der Waals surface area contributed by atoms with Crippen molar-refractivity contribution in [1.29, 1.82) is 0 Å². The second-order valence-corrected chi connectivity index (χ2v) is 4.63. The summed E-state index contributed by atoms with van der Waals surface area (Å²) < 4.78 is 0. The lowest BCUT2D eigenvalue weighted by Crippen LogP contribution is -2.10. The van der Waals surface area contributed by atoms with Gasteiger partial charge in [-0.25, -0.2) is 0 Å². The molecule has 0 heterocycles. The molecule has 2 aliphatic carbocycles. The lowest BCUT2D eigenvalue weighted by atomic mass is 9.88. The molecule has 0 aromatic heterocycles. The van der Waals surface area contributed by atoms with Gasteiger partial charge in [0.15, 0.2) is 0 Å². The standard InChI is InChI=1S/C11H20/c1-3-9-5-7-10-8(2)4-6-11(9)10/h8-11H,3-7H2,1-2H3/t8-,9-,10?,11?/m0/s1. The van der Waals surface area contributed by atoms with Gasteiger partial charge in [-0.05, 0) is 42.9 Å². The molecular formula is C11H20. The molecule has 11 heavy (non-hydrogen) atoms. The van der Waals surface area contributed by atoms with Gasteiger partial charge in [-0.15, -0.1) is 0 Å². The van der Waals surface area contributed by atoms with Crippen LogP contribution in [0.15, 0.2) is 0 Å². The Bertz CT molecular complexity index is 139. The van der Waals surface area contributed by atoms with Crippen LogP contribution in [0.5, 0.6) is 0 Å². The first-order chi connectivity index (χ1) is 5.33. The van der Waals surface area contributed by atoms with E-state index in [1.807, 2.05) is 0 Å². The zero-order valence-corrected chi connectivity index (χ0v) is 7.84. The smallest absolute Gasteiger partial charge is 0.0355 e. The SMILES string of the molecule is CC[C@H]1CCC2C1CC[C@@H]2C. The van der Waals surface area contributed by atoms with E-state index < -0.39 is 0 Å². The Balaban J connectivity index is 2.04. The van der Waals surface area contributed by atoms with Crippen molar-refractivity contribution in [2.75, 3.05) is 0 Å². The predicted octanol–water partition coefficient (Wildman–Crippen LogP) is 3.47. The number of hydrogen-bond acceptors (Lipinski definition) is 0. The minimum absolute atomic E-state index is 1.05. The maximum atomic E-state index is 2.46. The van der Waals surface area contributed by atoms with E-state index in [0.717, 1.165) is 23.7 Å². The molecule has 2 saturated carbocycles. The summed E-state index contributed by atoms with van der Waals surface area (Å²) in [5.74, 6) is 4.41. The monoisotopic (exact) mass is 152 g/mol. The van der Waals surface area contributed by atoms with Crippen molar-refractivity contribution in [3.8, 4) is 0 Å². The lowest BCUT2D eigenvalue weighted by Gasteiger charge is -2.17. The topological polar surface area (TPSA) is 0 Å². The van der Waals surface area contributed by atoms with Gasteiger partial charge in [0.2, 0.25) is 0 Å². The van der Waals surface area contributed by atoms with Gasteiger partial charge in [-0.1, -0.05) is 26.7 Å². The van der Waals surface area contributed by atoms with E-state index in [1.165, 1.54) is 19.3 Å².